The van der Waals surface area contributed by atoms with Crippen LogP contribution in [0.25, 0.3) is 0 Å². The highest BCUT2D eigenvalue weighted by Crippen LogP contribution is 1.99. The van der Waals surface area contributed by atoms with Crippen LogP contribution < -0.4 is 0 Å². The van der Waals surface area contributed by atoms with Crippen LogP contribution >= 0.6 is 9.24 Å². The minimum Gasteiger partial charge on any atom is -0.295 e. The predicted molar refractivity (Wildman–Crippen MR) is 39.0 cm³/mol. The first-order valence-corrected chi connectivity index (χ1v) is 3.45. The number of ketones is 1. The summed E-state index contributed by atoms with van der Waals surface area (Å²) in [5, 5.41) is 0. The van der Waals surface area contributed by atoms with E-state index >= 15 is 0 Å². The lowest BCUT2D eigenvalue weighted by atomic mass is 10.2. The van der Waals surface area contributed by atoms with Crippen molar-refractivity contribution in [3.05, 3.63) is 12.2 Å². The molecule has 0 rings (SSSR count). The third-order valence-electron chi connectivity index (χ3n) is 0.962. The highest BCUT2D eigenvalue weighted by molar-refractivity contribution is 7.17. The molecular formula is C6H11OP. The van der Waals surface area contributed by atoms with Crippen molar-refractivity contribution in [3.8, 4) is 0 Å². The summed E-state index contributed by atoms with van der Waals surface area (Å²) in [6.45, 7) is 5.41. The zero-order valence-corrected chi connectivity index (χ0v) is 6.26. The Kier molecular flexibility index (Phi) is 3.72. The molecule has 0 amide bonds. The molecule has 0 fully saturated rings. The molecule has 0 aromatic rings. The first-order valence-electron chi connectivity index (χ1n) is 2.63. The van der Waals surface area contributed by atoms with Crippen molar-refractivity contribution in [2.75, 3.05) is 6.16 Å². The summed E-state index contributed by atoms with van der Waals surface area (Å²) in [6.07, 6.45) is 1.28. The van der Waals surface area contributed by atoms with Crippen molar-refractivity contribution < 1.29 is 4.79 Å². The number of allylic oxidation sites excluding steroid dienone is 1. The van der Waals surface area contributed by atoms with Crippen molar-refractivity contribution in [3.63, 3.8) is 0 Å². The molecule has 2 heteroatoms. The molecule has 0 aromatic carbocycles. The summed E-state index contributed by atoms with van der Waals surface area (Å²) < 4.78 is 0. The smallest absolute Gasteiger partial charge is 0.158 e. The molecule has 1 atom stereocenters. The number of hydrogen-bond acceptors (Lipinski definition) is 1. The fourth-order valence-electron chi connectivity index (χ4n) is 0.364. The van der Waals surface area contributed by atoms with E-state index in [1.807, 2.05) is 6.92 Å². The monoisotopic (exact) mass is 130 g/mol. The second-order valence-corrected chi connectivity index (χ2v) is 1.99. The summed E-state index contributed by atoms with van der Waals surface area (Å²) in [5.74, 6) is 0.167. The van der Waals surface area contributed by atoms with Gasteiger partial charge in [-0.05, 0) is 11.7 Å². The maximum absolute atomic E-state index is 10.6. The standard InChI is InChI=1S/C6H11OP/c1-3-6(7)5(2)4-8/h2-4,8H2,1H3. The van der Waals surface area contributed by atoms with E-state index in [1.165, 1.54) is 0 Å². The van der Waals surface area contributed by atoms with Gasteiger partial charge >= 0.3 is 0 Å². The Bertz CT molecular complexity index is 93.1. The number of hydrogen-bond donors (Lipinski definition) is 0. The minimum atomic E-state index is 0.167. The number of carbonyl (C=O) groups excluding carboxylic acids is 1. The number of Topliss-reactive ketones (excluding diaryl/α,β-unsaturated/α-hetero) is 1. The fraction of sp³-hybridized carbons (Fsp3) is 0.500. The maximum atomic E-state index is 10.6. The van der Waals surface area contributed by atoms with Gasteiger partial charge in [-0.25, -0.2) is 0 Å². The number of carbonyl (C=O) groups is 1. The lowest BCUT2D eigenvalue weighted by molar-refractivity contribution is -0.115. The van der Waals surface area contributed by atoms with Gasteiger partial charge < -0.3 is 0 Å². The summed E-state index contributed by atoms with van der Waals surface area (Å²) in [5.41, 5.74) is 0.706. The fourth-order valence-corrected chi connectivity index (χ4v) is 0.592. The zero-order valence-electron chi connectivity index (χ0n) is 5.11. The summed E-state index contributed by atoms with van der Waals surface area (Å²) >= 11 is 0. The Morgan fingerprint density at radius 2 is 2.25 bits per heavy atom. The first kappa shape index (κ1) is 7.84. The molecule has 8 heavy (non-hydrogen) atoms. The lowest BCUT2D eigenvalue weighted by Crippen LogP contribution is -1.98. The Hall–Kier alpha value is -0.160. The van der Waals surface area contributed by atoms with Crippen LogP contribution in [-0.4, -0.2) is 11.9 Å². The topological polar surface area (TPSA) is 17.1 Å². The van der Waals surface area contributed by atoms with E-state index in [9.17, 15) is 4.79 Å². The van der Waals surface area contributed by atoms with E-state index in [1.54, 1.807) is 0 Å². The number of rotatable bonds is 3. The van der Waals surface area contributed by atoms with E-state index in [2.05, 4.69) is 15.8 Å². The quantitative estimate of drug-likeness (QED) is 0.417. The Labute approximate surface area is 52.4 Å². The second kappa shape index (κ2) is 3.80. The van der Waals surface area contributed by atoms with E-state index in [0.717, 1.165) is 0 Å². The molecule has 0 N–H and O–H groups in total. The Morgan fingerprint density at radius 1 is 1.75 bits per heavy atom. The van der Waals surface area contributed by atoms with E-state index < -0.39 is 0 Å². The van der Waals surface area contributed by atoms with Crippen LogP contribution in [0.5, 0.6) is 0 Å². The van der Waals surface area contributed by atoms with Gasteiger partial charge in [-0.1, -0.05) is 13.5 Å². The molecule has 0 aromatic heterocycles. The molecule has 0 bridgehead atoms. The molecule has 0 aliphatic rings. The summed E-state index contributed by atoms with van der Waals surface area (Å²) in [4.78, 5) is 10.6. The Morgan fingerprint density at radius 3 is 2.38 bits per heavy atom. The van der Waals surface area contributed by atoms with Crippen molar-refractivity contribution in [1.82, 2.24) is 0 Å². The van der Waals surface area contributed by atoms with Gasteiger partial charge in [0, 0.05) is 6.42 Å². The van der Waals surface area contributed by atoms with Crippen LogP contribution in [0.3, 0.4) is 0 Å². The molecule has 0 aliphatic heterocycles. The van der Waals surface area contributed by atoms with E-state index in [0.29, 0.717) is 18.2 Å². The van der Waals surface area contributed by atoms with Crippen molar-refractivity contribution in [1.29, 1.82) is 0 Å². The highest BCUT2D eigenvalue weighted by Gasteiger charge is 1.98. The van der Waals surface area contributed by atoms with E-state index in [-0.39, 0.29) is 5.78 Å². The maximum Gasteiger partial charge on any atom is 0.158 e. The van der Waals surface area contributed by atoms with E-state index in [4.69, 9.17) is 0 Å². The van der Waals surface area contributed by atoms with Gasteiger partial charge in [-0.15, -0.1) is 9.24 Å². The van der Waals surface area contributed by atoms with Gasteiger partial charge in [0.25, 0.3) is 0 Å². The zero-order chi connectivity index (χ0) is 6.57. The largest absolute Gasteiger partial charge is 0.295 e. The molecule has 46 valence electrons. The van der Waals surface area contributed by atoms with Gasteiger partial charge in [0.05, 0.1) is 0 Å². The molecule has 1 nitrogen and oxygen atoms in total. The third-order valence-corrected chi connectivity index (χ3v) is 1.45. The van der Waals surface area contributed by atoms with Crippen LogP contribution in [0.2, 0.25) is 0 Å². The minimum absolute atomic E-state index is 0.167. The molecule has 0 heterocycles. The molecular weight excluding hydrogens is 119 g/mol. The van der Waals surface area contributed by atoms with Crippen LogP contribution in [0.1, 0.15) is 13.3 Å². The predicted octanol–water partition coefficient (Wildman–Crippen LogP) is 1.40. The third kappa shape index (κ3) is 2.23. The highest BCUT2D eigenvalue weighted by atomic mass is 31.0. The lowest BCUT2D eigenvalue weighted by Gasteiger charge is -1.93. The van der Waals surface area contributed by atoms with Gasteiger partial charge in [0.15, 0.2) is 5.78 Å². The van der Waals surface area contributed by atoms with Crippen molar-refractivity contribution in [2.24, 2.45) is 0 Å². The van der Waals surface area contributed by atoms with Gasteiger partial charge in [-0.3, -0.25) is 4.79 Å². The van der Waals surface area contributed by atoms with Crippen LogP contribution in [0.4, 0.5) is 0 Å². The molecule has 0 saturated carbocycles. The molecule has 0 radical (unpaired) electrons. The second-order valence-electron chi connectivity index (χ2n) is 1.58. The summed E-state index contributed by atoms with van der Waals surface area (Å²) in [7, 11) is 2.47. The van der Waals surface area contributed by atoms with Crippen LogP contribution in [0, 0.1) is 0 Å². The van der Waals surface area contributed by atoms with Crippen LogP contribution in [-0.2, 0) is 4.79 Å². The molecule has 1 unspecified atom stereocenters. The molecule has 0 saturated heterocycles. The van der Waals surface area contributed by atoms with Crippen molar-refractivity contribution >= 4 is 15.0 Å². The molecule has 0 aliphatic carbocycles. The average molecular weight is 130 g/mol. The Balaban J connectivity index is 3.64. The van der Waals surface area contributed by atoms with Crippen LogP contribution in [0.15, 0.2) is 12.2 Å². The SMILES string of the molecule is C=C(CP)C(=O)CC. The molecule has 0 spiro atoms. The van der Waals surface area contributed by atoms with Gasteiger partial charge in [0.2, 0.25) is 0 Å². The van der Waals surface area contributed by atoms with Gasteiger partial charge in [0.1, 0.15) is 0 Å². The normalized spacial score (nSPS) is 8.75. The van der Waals surface area contributed by atoms with Gasteiger partial charge in [-0.2, -0.15) is 0 Å². The average Bonchev–Trinajstić information content (AvgIpc) is 1.84. The summed E-state index contributed by atoms with van der Waals surface area (Å²) in [6, 6.07) is 0. The van der Waals surface area contributed by atoms with Crippen molar-refractivity contribution in [2.45, 2.75) is 13.3 Å². The first-order chi connectivity index (χ1) is 3.72.